The van der Waals surface area contributed by atoms with Gasteiger partial charge in [-0.3, -0.25) is 0 Å². The highest BCUT2D eigenvalue weighted by atomic mass is 15.2. The van der Waals surface area contributed by atoms with Crippen molar-refractivity contribution >= 4 is 11.4 Å². The van der Waals surface area contributed by atoms with Crippen LogP contribution in [0, 0.1) is 5.92 Å². The minimum atomic E-state index is 0.757. The maximum Gasteiger partial charge on any atom is 0.0443 e. The molecule has 120 valence electrons. The summed E-state index contributed by atoms with van der Waals surface area (Å²) in [6.07, 6.45) is 4.98. The van der Waals surface area contributed by atoms with Crippen LogP contribution in [0.25, 0.3) is 0 Å². The lowest BCUT2D eigenvalue weighted by Gasteiger charge is -2.35. The molecule has 1 fully saturated rings. The molecular weight excluding hydrogens is 280 g/mol. The second kappa shape index (κ2) is 6.37. The van der Waals surface area contributed by atoms with Crippen LogP contribution in [0.15, 0.2) is 48.5 Å². The van der Waals surface area contributed by atoms with Crippen molar-refractivity contribution in [3.63, 3.8) is 0 Å². The fourth-order valence-corrected chi connectivity index (χ4v) is 4.25. The minimum absolute atomic E-state index is 0.757. The summed E-state index contributed by atoms with van der Waals surface area (Å²) in [5.74, 6) is 0.757. The van der Waals surface area contributed by atoms with Gasteiger partial charge in [0.2, 0.25) is 0 Å². The number of nitrogens with zero attached hydrogens (tertiary/aromatic N) is 2. The number of aryl methyl sites for hydroxylation is 2. The third-order valence-corrected chi connectivity index (χ3v) is 5.39. The van der Waals surface area contributed by atoms with Crippen molar-refractivity contribution < 1.29 is 0 Å². The number of benzene rings is 2. The molecule has 0 N–H and O–H groups in total. The summed E-state index contributed by atoms with van der Waals surface area (Å²) >= 11 is 0. The largest absolute Gasteiger partial charge is 0.341 e. The molecule has 1 unspecified atom stereocenters. The highest BCUT2D eigenvalue weighted by Crippen LogP contribution is 2.37. The summed E-state index contributed by atoms with van der Waals surface area (Å²) in [6, 6.07) is 18.0. The molecule has 2 heterocycles. The zero-order valence-corrected chi connectivity index (χ0v) is 14.0. The standard InChI is InChI=1S/C21H26N2/c1-22-14-6-7-17(15-22)16-23-20-10-4-2-8-18(20)12-13-19-9-3-5-11-21(19)23/h2-5,8-11,17H,6-7,12-16H2,1H3. The predicted octanol–water partition coefficient (Wildman–Crippen LogP) is 4.27. The summed E-state index contributed by atoms with van der Waals surface area (Å²) in [5.41, 5.74) is 5.83. The molecule has 2 aromatic carbocycles. The van der Waals surface area contributed by atoms with Crippen molar-refractivity contribution in [3.8, 4) is 0 Å². The second-order valence-corrected chi connectivity index (χ2v) is 7.14. The fraction of sp³-hybridized carbons (Fsp3) is 0.429. The van der Waals surface area contributed by atoms with E-state index >= 15 is 0 Å². The molecule has 2 aliphatic rings. The molecule has 4 rings (SSSR count). The Morgan fingerprint density at radius 1 is 0.913 bits per heavy atom. The van der Waals surface area contributed by atoms with Crippen LogP contribution in [0.4, 0.5) is 11.4 Å². The van der Waals surface area contributed by atoms with Gasteiger partial charge in [-0.05, 0) is 68.5 Å². The van der Waals surface area contributed by atoms with Crippen molar-refractivity contribution in [1.82, 2.24) is 4.90 Å². The average Bonchev–Trinajstić information content (AvgIpc) is 2.73. The summed E-state index contributed by atoms with van der Waals surface area (Å²) in [6.45, 7) is 3.61. The Hall–Kier alpha value is -1.80. The monoisotopic (exact) mass is 306 g/mol. The first-order chi connectivity index (χ1) is 11.3. The van der Waals surface area contributed by atoms with E-state index in [1.807, 2.05) is 0 Å². The number of para-hydroxylation sites is 2. The summed E-state index contributed by atoms with van der Waals surface area (Å²) in [5, 5.41) is 0. The number of rotatable bonds is 2. The van der Waals surface area contributed by atoms with Crippen molar-refractivity contribution in [2.24, 2.45) is 5.92 Å². The fourth-order valence-electron chi connectivity index (χ4n) is 4.25. The van der Waals surface area contributed by atoms with Crippen LogP contribution in [0.2, 0.25) is 0 Å². The van der Waals surface area contributed by atoms with E-state index in [0.717, 1.165) is 25.3 Å². The van der Waals surface area contributed by atoms with Crippen LogP contribution >= 0.6 is 0 Å². The zero-order chi connectivity index (χ0) is 15.6. The van der Waals surface area contributed by atoms with Crippen LogP contribution in [-0.2, 0) is 12.8 Å². The summed E-state index contributed by atoms with van der Waals surface area (Å²) < 4.78 is 0. The van der Waals surface area contributed by atoms with Crippen LogP contribution < -0.4 is 4.90 Å². The lowest BCUT2D eigenvalue weighted by atomic mass is 9.97. The molecule has 0 aromatic heterocycles. The quantitative estimate of drug-likeness (QED) is 0.818. The molecule has 2 aliphatic heterocycles. The number of fused-ring (bicyclic) bond motifs is 2. The van der Waals surface area contributed by atoms with Crippen LogP contribution in [0.3, 0.4) is 0 Å². The first-order valence-electron chi connectivity index (χ1n) is 8.93. The van der Waals surface area contributed by atoms with Gasteiger partial charge in [-0.15, -0.1) is 0 Å². The highest BCUT2D eigenvalue weighted by Gasteiger charge is 2.25. The molecule has 0 aliphatic carbocycles. The molecule has 2 heteroatoms. The Bertz CT molecular complexity index is 632. The Morgan fingerprint density at radius 2 is 1.52 bits per heavy atom. The minimum Gasteiger partial charge on any atom is -0.341 e. The van der Waals surface area contributed by atoms with Crippen molar-refractivity contribution in [1.29, 1.82) is 0 Å². The maximum atomic E-state index is 2.60. The van der Waals surface area contributed by atoms with Gasteiger partial charge in [-0.1, -0.05) is 36.4 Å². The van der Waals surface area contributed by atoms with Crippen molar-refractivity contribution in [3.05, 3.63) is 59.7 Å². The predicted molar refractivity (Wildman–Crippen MR) is 97.5 cm³/mol. The van der Waals surface area contributed by atoms with Gasteiger partial charge in [-0.25, -0.2) is 0 Å². The third kappa shape index (κ3) is 3.00. The number of hydrogen-bond acceptors (Lipinski definition) is 2. The van der Waals surface area contributed by atoms with Gasteiger partial charge in [-0.2, -0.15) is 0 Å². The molecule has 1 atom stereocenters. The normalized spacial score (nSPS) is 21.4. The lowest BCUT2D eigenvalue weighted by Crippen LogP contribution is -2.38. The molecule has 0 amide bonds. The van der Waals surface area contributed by atoms with Gasteiger partial charge >= 0.3 is 0 Å². The summed E-state index contributed by atoms with van der Waals surface area (Å²) in [4.78, 5) is 5.09. The van der Waals surface area contributed by atoms with E-state index in [2.05, 4.69) is 65.4 Å². The molecule has 2 nitrogen and oxygen atoms in total. The van der Waals surface area contributed by atoms with E-state index in [1.54, 1.807) is 0 Å². The van der Waals surface area contributed by atoms with Crippen molar-refractivity contribution in [2.45, 2.75) is 25.7 Å². The maximum absolute atomic E-state index is 2.60. The number of piperidine rings is 1. The van der Waals surface area contributed by atoms with Crippen LogP contribution in [-0.4, -0.2) is 31.6 Å². The van der Waals surface area contributed by atoms with Crippen LogP contribution in [0.5, 0.6) is 0 Å². The number of anilines is 2. The first kappa shape index (κ1) is 14.8. The molecule has 23 heavy (non-hydrogen) atoms. The van der Waals surface area contributed by atoms with Crippen molar-refractivity contribution in [2.75, 3.05) is 31.6 Å². The van der Waals surface area contributed by atoms with E-state index in [4.69, 9.17) is 0 Å². The van der Waals surface area contributed by atoms with E-state index in [9.17, 15) is 0 Å². The van der Waals surface area contributed by atoms with Gasteiger partial charge in [0.1, 0.15) is 0 Å². The zero-order valence-electron chi connectivity index (χ0n) is 14.0. The van der Waals surface area contributed by atoms with E-state index in [1.165, 1.54) is 48.4 Å². The first-order valence-corrected chi connectivity index (χ1v) is 8.93. The van der Waals surface area contributed by atoms with E-state index in [0.29, 0.717) is 0 Å². The van der Waals surface area contributed by atoms with Gasteiger partial charge < -0.3 is 9.80 Å². The van der Waals surface area contributed by atoms with Gasteiger partial charge in [0, 0.05) is 24.5 Å². The molecule has 0 radical (unpaired) electrons. The Labute approximate surface area is 139 Å². The highest BCUT2D eigenvalue weighted by molar-refractivity contribution is 5.71. The summed E-state index contributed by atoms with van der Waals surface area (Å²) in [7, 11) is 2.26. The molecule has 0 spiro atoms. The smallest absolute Gasteiger partial charge is 0.0443 e. The SMILES string of the molecule is CN1CCCC(CN2c3ccccc3CCc3ccccc32)C1. The van der Waals surface area contributed by atoms with Gasteiger partial charge in [0.05, 0.1) is 0 Å². The topological polar surface area (TPSA) is 6.48 Å². The Morgan fingerprint density at radius 3 is 2.13 bits per heavy atom. The Balaban J connectivity index is 1.71. The van der Waals surface area contributed by atoms with Gasteiger partial charge in [0.15, 0.2) is 0 Å². The second-order valence-electron chi connectivity index (χ2n) is 7.14. The average molecular weight is 306 g/mol. The number of hydrogen-bond donors (Lipinski definition) is 0. The molecule has 2 aromatic rings. The lowest BCUT2D eigenvalue weighted by molar-refractivity contribution is 0.214. The van der Waals surface area contributed by atoms with E-state index < -0.39 is 0 Å². The number of likely N-dealkylation sites (tertiary alicyclic amines) is 1. The van der Waals surface area contributed by atoms with Gasteiger partial charge in [0.25, 0.3) is 0 Å². The molecule has 1 saturated heterocycles. The molecule has 0 bridgehead atoms. The third-order valence-electron chi connectivity index (χ3n) is 5.39. The van der Waals surface area contributed by atoms with E-state index in [-0.39, 0.29) is 0 Å². The Kier molecular flexibility index (Phi) is 4.09. The van der Waals surface area contributed by atoms with Crippen LogP contribution in [0.1, 0.15) is 24.0 Å². The molecular formula is C21H26N2. The molecule has 0 saturated carbocycles.